The predicted octanol–water partition coefficient (Wildman–Crippen LogP) is 3.72. The van der Waals surface area contributed by atoms with E-state index >= 15 is 0 Å². The Morgan fingerprint density at radius 2 is 2.15 bits per heavy atom. The molecule has 2 rings (SSSR count). The quantitative estimate of drug-likeness (QED) is 0.801. The van der Waals surface area contributed by atoms with Gasteiger partial charge in [-0.15, -0.1) is 0 Å². The summed E-state index contributed by atoms with van der Waals surface area (Å²) in [6.07, 6.45) is 7.64. The fourth-order valence-corrected chi connectivity index (χ4v) is 3.44. The van der Waals surface area contributed by atoms with Crippen LogP contribution in [0.15, 0.2) is 33.6 Å². The lowest BCUT2D eigenvalue weighted by Crippen LogP contribution is -2.22. The molecule has 1 atom stereocenters. The summed E-state index contributed by atoms with van der Waals surface area (Å²) in [7, 11) is 1.95. The van der Waals surface area contributed by atoms with E-state index in [9.17, 15) is 0 Å². The molecule has 6 heteroatoms. The van der Waals surface area contributed by atoms with Crippen LogP contribution < -0.4 is 5.32 Å². The first-order valence-electron chi connectivity index (χ1n) is 6.64. The summed E-state index contributed by atoms with van der Waals surface area (Å²) in [4.78, 5) is 8.98. The fraction of sp³-hybridized carbons (Fsp3) is 0.429. The van der Waals surface area contributed by atoms with Crippen molar-refractivity contribution in [2.75, 3.05) is 7.05 Å². The summed E-state index contributed by atoms with van der Waals surface area (Å²) in [5, 5.41) is 3.33. The maximum Gasteiger partial charge on any atom is 0.110 e. The second kappa shape index (κ2) is 7.33. The van der Waals surface area contributed by atoms with Gasteiger partial charge in [-0.3, -0.25) is 4.98 Å². The lowest BCUT2D eigenvalue weighted by Gasteiger charge is -2.17. The molecule has 0 fully saturated rings. The third-order valence-corrected chi connectivity index (χ3v) is 4.24. The highest BCUT2D eigenvalue weighted by Crippen LogP contribution is 2.26. The van der Waals surface area contributed by atoms with E-state index in [0.29, 0.717) is 0 Å². The molecule has 108 valence electrons. The number of pyridine rings is 1. The van der Waals surface area contributed by atoms with Gasteiger partial charge in [0.1, 0.15) is 5.82 Å². The van der Waals surface area contributed by atoms with Gasteiger partial charge in [-0.1, -0.05) is 6.92 Å². The van der Waals surface area contributed by atoms with Crippen molar-refractivity contribution in [2.45, 2.75) is 32.4 Å². The fourth-order valence-electron chi connectivity index (χ4n) is 2.17. The Balaban J connectivity index is 2.22. The zero-order valence-corrected chi connectivity index (χ0v) is 14.8. The molecular formula is C14H18Br2N4. The van der Waals surface area contributed by atoms with E-state index in [1.54, 1.807) is 0 Å². The van der Waals surface area contributed by atoms with Gasteiger partial charge in [0.05, 0.1) is 11.7 Å². The molecule has 0 saturated carbocycles. The Morgan fingerprint density at radius 1 is 1.35 bits per heavy atom. The third kappa shape index (κ3) is 3.68. The van der Waals surface area contributed by atoms with Gasteiger partial charge >= 0.3 is 0 Å². The second-order valence-corrected chi connectivity index (χ2v) is 6.37. The first-order chi connectivity index (χ1) is 9.65. The zero-order chi connectivity index (χ0) is 14.5. The molecule has 0 aliphatic heterocycles. The van der Waals surface area contributed by atoms with E-state index < -0.39 is 0 Å². The molecule has 0 amide bonds. The minimum absolute atomic E-state index is 0.135. The second-order valence-electron chi connectivity index (χ2n) is 4.60. The molecule has 0 bridgehead atoms. The molecular weight excluding hydrogens is 384 g/mol. The molecule has 2 aromatic heterocycles. The van der Waals surface area contributed by atoms with Gasteiger partial charge in [-0.05, 0) is 51.4 Å². The summed E-state index contributed by atoms with van der Waals surface area (Å²) >= 11 is 7.01. The number of nitrogens with zero attached hydrogens (tertiary/aromatic N) is 3. The molecule has 0 aliphatic rings. The molecule has 4 nitrogen and oxygen atoms in total. The van der Waals surface area contributed by atoms with Gasteiger partial charge in [0.2, 0.25) is 0 Å². The Bertz CT molecular complexity index is 568. The molecule has 20 heavy (non-hydrogen) atoms. The number of likely N-dealkylation sites (N-methyl/N-ethyl adjacent to an activating group) is 1. The summed E-state index contributed by atoms with van der Waals surface area (Å²) in [5.74, 6) is 1.09. The lowest BCUT2D eigenvalue weighted by atomic mass is 10.1. The maximum absolute atomic E-state index is 4.51. The first-order valence-corrected chi connectivity index (χ1v) is 8.22. The maximum atomic E-state index is 4.51. The van der Waals surface area contributed by atoms with E-state index in [2.05, 4.69) is 58.6 Å². The molecule has 1 unspecified atom stereocenters. The highest BCUT2D eigenvalue weighted by Gasteiger charge is 2.17. The SMILES string of the molecule is CCCn1ccnc1CC(NC)c1ncc(Br)cc1Br. The Morgan fingerprint density at radius 3 is 2.80 bits per heavy atom. The molecule has 0 aliphatic carbocycles. The van der Waals surface area contributed by atoms with Gasteiger partial charge in [-0.2, -0.15) is 0 Å². The average Bonchev–Trinajstić information content (AvgIpc) is 2.84. The van der Waals surface area contributed by atoms with Crippen LogP contribution in [0.5, 0.6) is 0 Å². The van der Waals surface area contributed by atoms with Crippen LogP contribution in [0.25, 0.3) is 0 Å². The van der Waals surface area contributed by atoms with Crippen molar-refractivity contribution in [3.63, 3.8) is 0 Å². The first kappa shape index (κ1) is 15.7. The van der Waals surface area contributed by atoms with Crippen molar-refractivity contribution < 1.29 is 0 Å². The van der Waals surface area contributed by atoms with Gasteiger partial charge in [-0.25, -0.2) is 4.98 Å². The van der Waals surface area contributed by atoms with Crippen molar-refractivity contribution in [1.29, 1.82) is 0 Å². The van der Waals surface area contributed by atoms with Crippen LogP contribution in [0.2, 0.25) is 0 Å². The van der Waals surface area contributed by atoms with Crippen LogP contribution in [0.3, 0.4) is 0 Å². The normalized spacial score (nSPS) is 12.6. The van der Waals surface area contributed by atoms with Crippen LogP contribution >= 0.6 is 31.9 Å². The lowest BCUT2D eigenvalue weighted by molar-refractivity contribution is 0.531. The number of aromatic nitrogens is 3. The number of imidazole rings is 1. The Hall–Kier alpha value is -0.720. The molecule has 0 saturated heterocycles. The van der Waals surface area contributed by atoms with E-state index in [1.165, 1.54) is 0 Å². The summed E-state index contributed by atoms with van der Waals surface area (Å²) < 4.78 is 4.17. The van der Waals surface area contributed by atoms with Crippen molar-refractivity contribution in [2.24, 2.45) is 0 Å². The van der Waals surface area contributed by atoms with Gasteiger partial charge < -0.3 is 9.88 Å². The zero-order valence-electron chi connectivity index (χ0n) is 11.6. The summed E-state index contributed by atoms with van der Waals surface area (Å²) in [5.41, 5.74) is 1.00. The molecule has 2 aromatic rings. The Labute approximate surface area is 136 Å². The van der Waals surface area contributed by atoms with Gasteiger partial charge in [0.25, 0.3) is 0 Å². The number of hydrogen-bond acceptors (Lipinski definition) is 3. The third-order valence-electron chi connectivity index (χ3n) is 3.17. The number of hydrogen-bond donors (Lipinski definition) is 1. The molecule has 1 N–H and O–H groups in total. The summed E-state index contributed by atoms with van der Waals surface area (Å²) in [6, 6.07) is 2.15. The molecule has 0 spiro atoms. The largest absolute Gasteiger partial charge is 0.335 e. The Kier molecular flexibility index (Phi) is 5.74. The average molecular weight is 402 g/mol. The summed E-state index contributed by atoms with van der Waals surface area (Å²) in [6.45, 7) is 3.17. The van der Waals surface area contributed by atoms with Crippen molar-refractivity contribution in [3.8, 4) is 0 Å². The van der Waals surface area contributed by atoms with Gasteiger partial charge in [0, 0.05) is 40.5 Å². The van der Waals surface area contributed by atoms with Crippen LogP contribution in [0.4, 0.5) is 0 Å². The van der Waals surface area contributed by atoms with E-state index in [1.807, 2.05) is 31.7 Å². The molecule has 2 heterocycles. The highest BCUT2D eigenvalue weighted by molar-refractivity contribution is 9.11. The van der Waals surface area contributed by atoms with Crippen molar-refractivity contribution in [3.05, 3.63) is 45.1 Å². The minimum atomic E-state index is 0.135. The van der Waals surface area contributed by atoms with E-state index in [0.717, 1.165) is 39.9 Å². The van der Waals surface area contributed by atoms with Crippen molar-refractivity contribution in [1.82, 2.24) is 19.9 Å². The number of nitrogens with one attached hydrogen (secondary N) is 1. The smallest absolute Gasteiger partial charge is 0.110 e. The standard InChI is InChI=1S/C14H18Br2N4/c1-3-5-20-6-4-18-13(20)8-12(17-2)14-11(16)7-10(15)9-19-14/h4,6-7,9,12,17H,3,5,8H2,1-2H3. The van der Waals surface area contributed by atoms with Crippen molar-refractivity contribution >= 4 is 31.9 Å². The van der Waals surface area contributed by atoms with Crippen LogP contribution in [0, 0.1) is 0 Å². The van der Waals surface area contributed by atoms with Crippen LogP contribution in [-0.2, 0) is 13.0 Å². The topological polar surface area (TPSA) is 42.7 Å². The van der Waals surface area contributed by atoms with Crippen LogP contribution in [0.1, 0.15) is 30.9 Å². The van der Waals surface area contributed by atoms with Crippen LogP contribution in [-0.4, -0.2) is 21.6 Å². The molecule has 0 aromatic carbocycles. The van der Waals surface area contributed by atoms with E-state index in [-0.39, 0.29) is 6.04 Å². The minimum Gasteiger partial charge on any atom is -0.335 e. The number of halogens is 2. The van der Waals surface area contributed by atoms with E-state index in [4.69, 9.17) is 0 Å². The highest BCUT2D eigenvalue weighted by atomic mass is 79.9. The van der Waals surface area contributed by atoms with Gasteiger partial charge in [0.15, 0.2) is 0 Å². The monoisotopic (exact) mass is 400 g/mol. The predicted molar refractivity (Wildman–Crippen MR) is 87.7 cm³/mol. The molecule has 0 radical (unpaired) electrons. The number of rotatable bonds is 6. The number of aryl methyl sites for hydroxylation is 1.